The van der Waals surface area contributed by atoms with Crippen molar-refractivity contribution in [2.24, 2.45) is 5.73 Å². The van der Waals surface area contributed by atoms with Crippen molar-refractivity contribution in [2.45, 2.75) is 38.4 Å². The van der Waals surface area contributed by atoms with Crippen LogP contribution in [0.5, 0.6) is 0 Å². The highest BCUT2D eigenvalue weighted by Crippen LogP contribution is 2.25. The van der Waals surface area contributed by atoms with Gasteiger partial charge in [0.15, 0.2) is 0 Å². The summed E-state index contributed by atoms with van der Waals surface area (Å²) in [5.41, 5.74) is 7.40. The lowest BCUT2D eigenvalue weighted by Crippen LogP contribution is -2.52. The summed E-state index contributed by atoms with van der Waals surface area (Å²) in [4.78, 5) is 2.48. The van der Waals surface area contributed by atoms with Gasteiger partial charge in [-0.2, -0.15) is 0 Å². The summed E-state index contributed by atoms with van der Waals surface area (Å²) in [5, 5.41) is 0. The molecule has 2 rings (SSSR count). The van der Waals surface area contributed by atoms with E-state index in [0.29, 0.717) is 18.8 Å². The molecule has 1 saturated heterocycles. The van der Waals surface area contributed by atoms with Crippen LogP contribution in [-0.2, 0) is 10.2 Å². The maximum absolute atomic E-state index is 6.07. The predicted octanol–water partition coefficient (Wildman–Crippen LogP) is 2.01. The van der Waals surface area contributed by atoms with E-state index in [2.05, 4.69) is 56.0 Å². The third kappa shape index (κ3) is 3.56. The van der Waals surface area contributed by atoms with Crippen molar-refractivity contribution in [3.8, 4) is 0 Å². The first-order valence-electron chi connectivity index (χ1n) is 7.17. The van der Waals surface area contributed by atoms with E-state index in [-0.39, 0.29) is 5.41 Å². The second kappa shape index (κ2) is 6.04. The van der Waals surface area contributed by atoms with Crippen molar-refractivity contribution in [3.63, 3.8) is 0 Å². The Labute approximate surface area is 116 Å². The maximum Gasteiger partial charge on any atom is 0.0678 e. The summed E-state index contributed by atoms with van der Waals surface area (Å²) >= 11 is 0. The summed E-state index contributed by atoms with van der Waals surface area (Å²) in [6.07, 6.45) is 0.614. The normalized spacial score (nSPS) is 28.0. The minimum atomic E-state index is 0.0119. The fourth-order valence-electron chi connectivity index (χ4n) is 3.02. The molecule has 0 aliphatic carbocycles. The first kappa shape index (κ1) is 14.5. The van der Waals surface area contributed by atoms with Gasteiger partial charge in [0.25, 0.3) is 0 Å². The summed E-state index contributed by atoms with van der Waals surface area (Å²) in [5.74, 6) is 0. The molecule has 1 heterocycles. The monoisotopic (exact) mass is 262 g/mol. The van der Waals surface area contributed by atoms with E-state index in [1.807, 2.05) is 0 Å². The lowest BCUT2D eigenvalue weighted by Gasteiger charge is -2.41. The standard InChI is InChI=1S/C16H26N2O/c1-13-9-18(10-14(2)19-13)12-16(3,11-17)15-7-5-4-6-8-15/h4-8,13-14H,9-12,17H2,1-3H3/t13-,14+,16?. The molecular weight excluding hydrogens is 236 g/mol. The van der Waals surface area contributed by atoms with Crippen LogP contribution in [0.3, 0.4) is 0 Å². The predicted molar refractivity (Wildman–Crippen MR) is 79.3 cm³/mol. The van der Waals surface area contributed by atoms with Crippen LogP contribution in [0.15, 0.2) is 30.3 Å². The van der Waals surface area contributed by atoms with Crippen LogP contribution >= 0.6 is 0 Å². The van der Waals surface area contributed by atoms with Gasteiger partial charge in [0.05, 0.1) is 12.2 Å². The van der Waals surface area contributed by atoms with E-state index in [0.717, 1.165) is 19.6 Å². The van der Waals surface area contributed by atoms with Crippen molar-refractivity contribution in [3.05, 3.63) is 35.9 Å². The molecule has 0 spiro atoms. The van der Waals surface area contributed by atoms with Gasteiger partial charge in [0, 0.05) is 31.6 Å². The molecule has 0 bridgehead atoms. The minimum absolute atomic E-state index is 0.0119. The molecule has 2 N–H and O–H groups in total. The van der Waals surface area contributed by atoms with E-state index < -0.39 is 0 Å². The Balaban J connectivity index is 2.10. The van der Waals surface area contributed by atoms with Crippen molar-refractivity contribution in [1.82, 2.24) is 4.90 Å². The van der Waals surface area contributed by atoms with E-state index in [9.17, 15) is 0 Å². The molecule has 0 radical (unpaired) electrons. The molecule has 3 heteroatoms. The summed E-state index contributed by atoms with van der Waals surface area (Å²) in [6.45, 7) is 10.2. The van der Waals surface area contributed by atoms with Gasteiger partial charge in [-0.1, -0.05) is 37.3 Å². The number of morpholine rings is 1. The van der Waals surface area contributed by atoms with Gasteiger partial charge in [-0.25, -0.2) is 0 Å². The maximum atomic E-state index is 6.07. The Morgan fingerprint density at radius 3 is 2.32 bits per heavy atom. The zero-order valence-corrected chi connectivity index (χ0v) is 12.3. The molecule has 1 aromatic carbocycles. The van der Waals surface area contributed by atoms with Crippen LogP contribution in [0.2, 0.25) is 0 Å². The van der Waals surface area contributed by atoms with Gasteiger partial charge >= 0.3 is 0 Å². The van der Waals surface area contributed by atoms with Gasteiger partial charge in [0.1, 0.15) is 0 Å². The second-order valence-electron chi connectivity index (χ2n) is 6.08. The Bertz CT molecular complexity index is 385. The second-order valence-corrected chi connectivity index (χ2v) is 6.08. The third-order valence-corrected chi connectivity index (χ3v) is 3.99. The highest BCUT2D eigenvalue weighted by molar-refractivity contribution is 5.25. The molecule has 3 nitrogen and oxygen atoms in total. The molecule has 1 aromatic rings. The fraction of sp³-hybridized carbons (Fsp3) is 0.625. The topological polar surface area (TPSA) is 38.5 Å². The number of benzene rings is 1. The number of hydrogen-bond donors (Lipinski definition) is 1. The van der Waals surface area contributed by atoms with Crippen LogP contribution in [0.25, 0.3) is 0 Å². The Morgan fingerprint density at radius 2 is 1.79 bits per heavy atom. The molecule has 1 fully saturated rings. The fourth-order valence-corrected chi connectivity index (χ4v) is 3.02. The first-order valence-corrected chi connectivity index (χ1v) is 7.17. The Morgan fingerprint density at radius 1 is 1.21 bits per heavy atom. The number of hydrogen-bond acceptors (Lipinski definition) is 3. The number of ether oxygens (including phenoxy) is 1. The zero-order valence-electron chi connectivity index (χ0n) is 12.3. The highest BCUT2D eigenvalue weighted by atomic mass is 16.5. The molecule has 0 aromatic heterocycles. The average Bonchev–Trinajstić information content (AvgIpc) is 2.38. The third-order valence-electron chi connectivity index (χ3n) is 3.99. The molecule has 3 atom stereocenters. The molecular formula is C16H26N2O. The molecule has 106 valence electrons. The van der Waals surface area contributed by atoms with E-state index in [1.165, 1.54) is 5.56 Å². The molecule has 0 saturated carbocycles. The van der Waals surface area contributed by atoms with E-state index in [4.69, 9.17) is 10.5 Å². The molecule has 0 amide bonds. The highest BCUT2D eigenvalue weighted by Gasteiger charge is 2.31. The van der Waals surface area contributed by atoms with Gasteiger partial charge in [-0.05, 0) is 19.4 Å². The average molecular weight is 262 g/mol. The van der Waals surface area contributed by atoms with Crippen LogP contribution in [0.4, 0.5) is 0 Å². The molecule has 1 aliphatic heterocycles. The Kier molecular flexibility index (Phi) is 4.61. The molecule has 1 aliphatic rings. The van der Waals surface area contributed by atoms with Crippen LogP contribution in [-0.4, -0.2) is 43.3 Å². The SMILES string of the molecule is C[C@@H]1CN(CC(C)(CN)c2ccccc2)C[C@H](C)O1. The molecule has 19 heavy (non-hydrogen) atoms. The van der Waals surface area contributed by atoms with Crippen LogP contribution in [0, 0.1) is 0 Å². The van der Waals surface area contributed by atoms with Crippen molar-refractivity contribution in [2.75, 3.05) is 26.2 Å². The smallest absolute Gasteiger partial charge is 0.0678 e. The molecule has 1 unspecified atom stereocenters. The van der Waals surface area contributed by atoms with Crippen LogP contribution < -0.4 is 5.73 Å². The summed E-state index contributed by atoms with van der Waals surface area (Å²) in [7, 11) is 0. The van der Waals surface area contributed by atoms with Crippen molar-refractivity contribution < 1.29 is 4.74 Å². The van der Waals surface area contributed by atoms with Gasteiger partial charge in [-0.3, -0.25) is 4.90 Å². The van der Waals surface area contributed by atoms with E-state index >= 15 is 0 Å². The van der Waals surface area contributed by atoms with Crippen molar-refractivity contribution in [1.29, 1.82) is 0 Å². The first-order chi connectivity index (χ1) is 9.03. The number of nitrogens with zero attached hydrogens (tertiary/aromatic N) is 1. The largest absolute Gasteiger partial charge is 0.373 e. The van der Waals surface area contributed by atoms with Gasteiger partial charge in [-0.15, -0.1) is 0 Å². The zero-order chi connectivity index (χ0) is 13.9. The lowest BCUT2D eigenvalue weighted by molar-refractivity contribution is -0.0722. The van der Waals surface area contributed by atoms with Gasteiger partial charge in [0.2, 0.25) is 0 Å². The van der Waals surface area contributed by atoms with Crippen molar-refractivity contribution >= 4 is 0 Å². The minimum Gasteiger partial charge on any atom is -0.373 e. The summed E-state index contributed by atoms with van der Waals surface area (Å²) < 4.78 is 5.80. The number of rotatable bonds is 4. The van der Waals surface area contributed by atoms with E-state index in [1.54, 1.807) is 0 Å². The van der Waals surface area contributed by atoms with Crippen LogP contribution in [0.1, 0.15) is 26.3 Å². The van der Waals surface area contributed by atoms with Gasteiger partial charge < -0.3 is 10.5 Å². The lowest BCUT2D eigenvalue weighted by atomic mass is 9.81. The summed E-state index contributed by atoms with van der Waals surface area (Å²) in [6, 6.07) is 10.6. The quantitative estimate of drug-likeness (QED) is 0.902. The number of nitrogens with two attached hydrogens (primary N) is 1. The Hall–Kier alpha value is -0.900.